The summed E-state index contributed by atoms with van der Waals surface area (Å²) >= 11 is 0. The number of aromatic nitrogens is 1. The first-order valence-electron chi connectivity index (χ1n) is 5.12. The van der Waals surface area contributed by atoms with Gasteiger partial charge in [-0.3, -0.25) is 20.3 Å². The summed E-state index contributed by atoms with van der Waals surface area (Å²) in [6, 6.07) is 3.76. The lowest BCUT2D eigenvalue weighted by Crippen LogP contribution is -2.35. The van der Waals surface area contributed by atoms with Gasteiger partial charge in [-0.05, 0) is 17.7 Å². The van der Waals surface area contributed by atoms with Gasteiger partial charge in [-0.2, -0.15) is 5.26 Å². The van der Waals surface area contributed by atoms with E-state index in [2.05, 4.69) is 25.6 Å². The number of pyridine rings is 1. The molecular weight excluding hydrogens is 216 g/mol. The molecular formula is C11H14N6. The van der Waals surface area contributed by atoms with E-state index < -0.39 is 0 Å². The molecule has 1 aromatic rings. The average molecular weight is 230 g/mol. The van der Waals surface area contributed by atoms with Gasteiger partial charge in [-0.25, -0.2) is 0 Å². The fraction of sp³-hybridized carbons (Fsp3) is 0.273. The van der Waals surface area contributed by atoms with Crippen LogP contribution >= 0.6 is 0 Å². The van der Waals surface area contributed by atoms with Gasteiger partial charge >= 0.3 is 0 Å². The van der Waals surface area contributed by atoms with Crippen molar-refractivity contribution in [1.82, 2.24) is 15.6 Å². The molecule has 0 radical (unpaired) electrons. The van der Waals surface area contributed by atoms with Gasteiger partial charge in [0.25, 0.3) is 0 Å². The van der Waals surface area contributed by atoms with Crippen LogP contribution in [-0.2, 0) is 0 Å². The van der Waals surface area contributed by atoms with Gasteiger partial charge in [-0.1, -0.05) is 0 Å². The van der Waals surface area contributed by atoms with E-state index in [1.807, 2.05) is 12.1 Å². The fourth-order valence-corrected chi connectivity index (χ4v) is 1.09. The van der Waals surface area contributed by atoms with Crippen molar-refractivity contribution < 1.29 is 0 Å². The Balaban J connectivity index is 2.25. The Hall–Kier alpha value is -2.42. The zero-order chi connectivity index (χ0) is 12.3. The van der Waals surface area contributed by atoms with E-state index in [1.54, 1.807) is 31.8 Å². The topological polar surface area (TPSA) is 85.5 Å². The van der Waals surface area contributed by atoms with Gasteiger partial charge in [0.2, 0.25) is 5.96 Å². The monoisotopic (exact) mass is 230 g/mol. The number of aliphatic imine (C=N–C) groups is 2. The summed E-state index contributed by atoms with van der Waals surface area (Å²) in [5, 5.41) is 13.8. The Morgan fingerprint density at radius 1 is 1.53 bits per heavy atom. The Morgan fingerprint density at radius 2 is 2.29 bits per heavy atom. The van der Waals surface area contributed by atoms with E-state index in [9.17, 15) is 0 Å². The van der Waals surface area contributed by atoms with E-state index in [0.29, 0.717) is 19.0 Å². The summed E-state index contributed by atoms with van der Waals surface area (Å²) in [5.74, 6) is 0.451. The quantitative estimate of drug-likeness (QED) is 0.253. The molecule has 0 unspecified atom stereocenters. The van der Waals surface area contributed by atoms with Gasteiger partial charge in [0.15, 0.2) is 6.19 Å². The number of hydrogen-bond acceptors (Lipinski definition) is 4. The molecule has 1 aromatic heterocycles. The van der Waals surface area contributed by atoms with Crippen LogP contribution in [0.15, 0.2) is 34.5 Å². The lowest BCUT2D eigenvalue weighted by Gasteiger charge is -2.04. The summed E-state index contributed by atoms with van der Waals surface area (Å²) < 4.78 is 0. The van der Waals surface area contributed by atoms with Crippen LogP contribution < -0.4 is 10.6 Å². The van der Waals surface area contributed by atoms with Crippen molar-refractivity contribution in [3.63, 3.8) is 0 Å². The van der Waals surface area contributed by atoms with E-state index in [4.69, 9.17) is 5.26 Å². The molecule has 17 heavy (non-hydrogen) atoms. The molecule has 0 aromatic carbocycles. The molecule has 0 aliphatic carbocycles. The molecule has 0 amide bonds. The summed E-state index contributed by atoms with van der Waals surface area (Å²) in [5.41, 5.74) is 1.01. The molecule has 6 heteroatoms. The van der Waals surface area contributed by atoms with E-state index in [-0.39, 0.29) is 0 Å². The van der Waals surface area contributed by atoms with Crippen LogP contribution in [0.1, 0.15) is 5.56 Å². The highest BCUT2D eigenvalue weighted by Crippen LogP contribution is 1.90. The minimum absolute atomic E-state index is 0.451. The van der Waals surface area contributed by atoms with Crippen LogP contribution in [0.25, 0.3) is 0 Å². The van der Waals surface area contributed by atoms with Crippen molar-refractivity contribution in [2.45, 2.75) is 0 Å². The molecule has 0 bridgehead atoms. The second-order valence-corrected chi connectivity index (χ2v) is 3.05. The Morgan fingerprint density at radius 3 is 2.94 bits per heavy atom. The maximum Gasteiger partial charge on any atom is 0.204 e. The number of hydrogen-bond donors (Lipinski definition) is 2. The van der Waals surface area contributed by atoms with Gasteiger partial charge < -0.3 is 5.32 Å². The normalized spacial score (nSPS) is 11.2. The van der Waals surface area contributed by atoms with Crippen LogP contribution in [0, 0.1) is 11.5 Å². The first-order valence-corrected chi connectivity index (χ1v) is 5.12. The van der Waals surface area contributed by atoms with Gasteiger partial charge in [0.1, 0.15) is 0 Å². The zero-order valence-corrected chi connectivity index (χ0v) is 9.59. The molecule has 0 aliphatic rings. The van der Waals surface area contributed by atoms with Crippen LogP contribution in [0.4, 0.5) is 0 Å². The average Bonchev–Trinajstić information content (AvgIpc) is 2.38. The fourth-order valence-electron chi connectivity index (χ4n) is 1.09. The minimum Gasteiger partial charge on any atom is -0.354 e. The summed E-state index contributed by atoms with van der Waals surface area (Å²) in [6.07, 6.45) is 7.02. The first kappa shape index (κ1) is 12.6. The van der Waals surface area contributed by atoms with Crippen LogP contribution in [0.2, 0.25) is 0 Å². The predicted octanol–water partition coefficient (Wildman–Crippen LogP) is 0.147. The molecule has 6 nitrogen and oxygen atoms in total. The number of nitrogens with zero attached hydrogens (tertiary/aromatic N) is 4. The van der Waals surface area contributed by atoms with Crippen molar-refractivity contribution in [2.24, 2.45) is 9.98 Å². The van der Waals surface area contributed by atoms with Crippen molar-refractivity contribution in [1.29, 1.82) is 5.26 Å². The molecule has 0 aliphatic heterocycles. The molecule has 0 fully saturated rings. The highest BCUT2D eigenvalue weighted by Gasteiger charge is 1.92. The molecule has 2 N–H and O–H groups in total. The lowest BCUT2D eigenvalue weighted by atomic mass is 10.3. The summed E-state index contributed by atoms with van der Waals surface area (Å²) in [4.78, 5) is 12.0. The van der Waals surface area contributed by atoms with Crippen LogP contribution in [0.3, 0.4) is 0 Å². The summed E-state index contributed by atoms with van der Waals surface area (Å²) in [6.45, 7) is 1.22. The van der Waals surface area contributed by atoms with E-state index in [1.165, 1.54) is 0 Å². The number of nitriles is 1. The standard InChI is InChI=1S/C11H14N6/c1-13-11(17-9-12)16-7-6-15-8-10-2-4-14-5-3-10/h2-5,8H,6-7H2,1H3,(H2,13,16,17). The smallest absolute Gasteiger partial charge is 0.204 e. The predicted molar refractivity (Wildman–Crippen MR) is 66.8 cm³/mol. The lowest BCUT2D eigenvalue weighted by molar-refractivity contribution is 0.855. The van der Waals surface area contributed by atoms with Gasteiger partial charge in [0.05, 0.1) is 6.54 Å². The molecule has 0 saturated carbocycles. The largest absolute Gasteiger partial charge is 0.354 e. The molecule has 0 atom stereocenters. The molecule has 1 heterocycles. The first-order chi connectivity index (χ1) is 8.36. The Kier molecular flexibility index (Phi) is 5.82. The Labute approximate surface area is 100 Å². The second-order valence-electron chi connectivity index (χ2n) is 3.05. The molecule has 0 spiro atoms. The van der Waals surface area contributed by atoms with Crippen molar-refractivity contribution in [3.8, 4) is 6.19 Å². The highest BCUT2D eigenvalue weighted by atomic mass is 15.2. The van der Waals surface area contributed by atoms with Crippen molar-refractivity contribution in [2.75, 3.05) is 20.1 Å². The SMILES string of the molecule is CN=C(NC#N)NCCN=Cc1ccncc1. The van der Waals surface area contributed by atoms with E-state index in [0.717, 1.165) is 5.56 Å². The molecule has 0 saturated heterocycles. The molecule has 88 valence electrons. The number of rotatable bonds is 4. The number of guanidine groups is 1. The zero-order valence-electron chi connectivity index (χ0n) is 9.59. The second kappa shape index (κ2) is 7.82. The van der Waals surface area contributed by atoms with Gasteiger partial charge in [-0.15, -0.1) is 0 Å². The van der Waals surface area contributed by atoms with Crippen molar-refractivity contribution >= 4 is 12.2 Å². The number of nitrogens with one attached hydrogen (secondary N) is 2. The Bertz CT molecular complexity index is 417. The third-order valence-electron chi connectivity index (χ3n) is 1.88. The van der Waals surface area contributed by atoms with Crippen molar-refractivity contribution in [3.05, 3.63) is 30.1 Å². The maximum atomic E-state index is 8.40. The maximum absolute atomic E-state index is 8.40. The van der Waals surface area contributed by atoms with Crippen LogP contribution in [-0.4, -0.2) is 37.3 Å². The van der Waals surface area contributed by atoms with Gasteiger partial charge in [0, 0.05) is 32.2 Å². The third kappa shape index (κ3) is 5.28. The van der Waals surface area contributed by atoms with Crippen LogP contribution in [0.5, 0.6) is 0 Å². The van der Waals surface area contributed by atoms with E-state index >= 15 is 0 Å². The third-order valence-corrected chi connectivity index (χ3v) is 1.88. The molecule has 1 rings (SSSR count). The highest BCUT2D eigenvalue weighted by molar-refractivity contribution is 5.81. The minimum atomic E-state index is 0.451. The summed E-state index contributed by atoms with van der Waals surface area (Å²) in [7, 11) is 1.60.